The average Bonchev–Trinajstić information content (AvgIpc) is 3.48. The zero-order chi connectivity index (χ0) is 25.1. The summed E-state index contributed by atoms with van der Waals surface area (Å²) in [5, 5.41) is 8.88. The van der Waals surface area contributed by atoms with Gasteiger partial charge >= 0.3 is 6.16 Å². The van der Waals surface area contributed by atoms with Crippen molar-refractivity contribution in [2.24, 2.45) is 0 Å². The van der Waals surface area contributed by atoms with E-state index in [0.29, 0.717) is 24.5 Å². The highest BCUT2D eigenvalue weighted by Crippen LogP contribution is 2.34. The fourth-order valence-corrected chi connectivity index (χ4v) is 5.62. The second-order valence-corrected chi connectivity index (χ2v) is 9.79. The third-order valence-electron chi connectivity index (χ3n) is 7.27. The molecule has 1 aromatic heterocycles. The number of rotatable bonds is 8. The number of carbonyl (C=O) groups is 1. The van der Waals surface area contributed by atoms with Gasteiger partial charge in [-0.25, -0.2) is 9.78 Å². The molecular formula is C28H35N3O5. The molecule has 2 fully saturated rings. The van der Waals surface area contributed by atoms with Gasteiger partial charge in [0.15, 0.2) is 11.5 Å². The van der Waals surface area contributed by atoms with Gasteiger partial charge in [0.1, 0.15) is 11.6 Å². The largest absolute Gasteiger partial charge is 0.511 e. The van der Waals surface area contributed by atoms with Gasteiger partial charge in [-0.3, -0.25) is 4.90 Å². The predicted molar refractivity (Wildman–Crippen MR) is 137 cm³/mol. The van der Waals surface area contributed by atoms with Crippen molar-refractivity contribution < 1.29 is 24.1 Å². The van der Waals surface area contributed by atoms with Gasteiger partial charge in [-0.15, -0.1) is 0 Å². The molecule has 0 unspecified atom stereocenters. The van der Waals surface area contributed by atoms with Gasteiger partial charge < -0.3 is 23.9 Å². The minimum atomic E-state index is -1.32. The second-order valence-electron chi connectivity index (χ2n) is 9.79. The summed E-state index contributed by atoms with van der Waals surface area (Å²) >= 11 is 0. The first-order valence-electron chi connectivity index (χ1n) is 13.0. The van der Waals surface area contributed by atoms with Crippen molar-refractivity contribution in [3.8, 4) is 17.2 Å². The van der Waals surface area contributed by atoms with Gasteiger partial charge in [0, 0.05) is 31.7 Å². The molecule has 1 saturated carbocycles. The smallest absolute Gasteiger partial charge is 0.490 e. The van der Waals surface area contributed by atoms with E-state index in [9.17, 15) is 4.79 Å². The quantitative estimate of drug-likeness (QED) is 0.306. The van der Waals surface area contributed by atoms with Crippen molar-refractivity contribution in [1.29, 1.82) is 0 Å². The Morgan fingerprint density at radius 2 is 1.83 bits per heavy atom. The summed E-state index contributed by atoms with van der Waals surface area (Å²) in [6, 6.07) is 12.0. The average molecular weight is 494 g/mol. The van der Waals surface area contributed by atoms with Crippen LogP contribution in [0.4, 0.5) is 4.79 Å². The van der Waals surface area contributed by atoms with E-state index in [2.05, 4.69) is 32.7 Å². The van der Waals surface area contributed by atoms with Crippen LogP contribution in [-0.4, -0.2) is 51.5 Å². The van der Waals surface area contributed by atoms with Crippen molar-refractivity contribution in [3.63, 3.8) is 0 Å². The Morgan fingerprint density at radius 1 is 1.06 bits per heavy atom. The molecule has 0 bridgehead atoms. The fraction of sp³-hybridized carbons (Fsp3) is 0.500. The van der Waals surface area contributed by atoms with E-state index in [1.807, 2.05) is 19.9 Å². The van der Waals surface area contributed by atoms with Crippen LogP contribution in [0.2, 0.25) is 0 Å². The van der Waals surface area contributed by atoms with Gasteiger partial charge in [-0.2, -0.15) is 0 Å². The number of hydrogen-bond donors (Lipinski definition) is 1. The van der Waals surface area contributed by atoms with Crippen LogP contribution in [0, 0.1) is 6.92 Å². The molecule has 0 amide bonds. The number of aromatic nitrogens is 2. The lowest BCUT2D eigenvalue weighted by Crippen LogP contribution is -2.34. The SMILES string of the molecule is CCOc1cc(CN2CCC(n3c(C)nc4cc(OC(=O)O)ccc43)CC2)ccc1OC1CCCC1. The molecule has 0 radical (unpaired) electrons. The van der Waals surface area contributed by atoms with Crippen LogP contribution in [0.5, 0.6) is 17.2 Å². The lowest BCUT2D eigenvalue weighted by molar-refractivity contribution is 0.144. The fourth-order valence-electron chi connectivity index (χ4n) is 5.62. The third-order valence-corrected chi connectivity index (χ3v) is 7.27. The predicted octanol–water partition coefficient (Wildman–Crippen LogP) is 5.96. The highest BCUT2D eigenvalue weighted by Gasteiger charge is 2.24. The van der Waals surface area contributed by atoms with Crippen LogP contribution < -0.4 is 14.2 Å². The number of hydrogen-bond acceptors (Lipinski definition) is 6. The van der Waals surface area contributed by atoms with Crippen molar-refractivity contribution >= 4 is 17.2 Å². The summed E-state index contributed by atoms with van der Waals surface area (Å²) in [7, 11) is 0. The van der Waals surface area contributed by atoms with Crippen molar-refractivity contribution in [1.82, 2.24) is 14.5 Å². The first kappa shape index (κ1) is 24.4. The Balaban J connectivity index is 1.23. The topological polar surface area (TPSA) is 86.0 Å². The monoisotopic (exact) mass is 493 g/mol. The van der Waals surface area contributed by atoms with Gasteiger partial charge in [-0.05, 0) is 82.2 Å². The van der Waals surface area contributed by atoms with Crippen LogP contribution in [0.15, 0.2) is 36.4 Å². The lowest BCUT2D eigenvalue weighted by atomic mass is 10.0. The number of carboxylic acid groups (broad SMARTS) is 1. The zero-order valence-electron chi connectivity index (χ0n) is 21.1. The van der Waals surface area contributed by atoms with Crippen LogP contribution in [0.25, 0.3) is 11.0 Å². The highest BCUT2D eigenvalue weighted by molar-refractivity contribution is 5.79. The number of piperidine rings is 1. The Bertz CT molecular complexity index is 1210. The number of ether oxygens (including phenoxy) is 3. The van der Waals surface area contributed by atoms with E-state index < -0.39 is 6.16 Å². The molecule has 0 atom stereocenters. The molecule has 5 rings (SSSR count). The lowest BCUT2D eigenvalue weighted by Gasteiger charge is -2.33. The molecule has 1 N–H and O–H groups in total. The number of nitrogens with zero attached hydrogens (tertiary/aromatic N) is 3. The van der Waals surface area contributed by atoms with Crippen molar-refractivity contribution in [2.45, 2.75) is 71.1 Å². The van der Waals surface area contributed by atoms with E-state index in [1.165, 1.54) is 18.4 Å². The Kier molecular flexibility index (Phi) is 7.32. The standard InChI is InChI=1S/C28H35N3O5/c1-3-34-27-16-20(8-11-26(27)35-22-6-4-5-7-22)18-30-14-12-21(13-15-30)31-19(2)29-24-17-23(36-28(32)33)9-10-25(24)31/h8-11,16-17,21-22H,3-7,12-15,18H2,1-2H3,(H,32,33). The minimum Gasteiger partial charge on any atom is -0.490 e. The first-order chi connectivity index (χ1) is 17.5. The normalized spacial score (nSPS) is 17.5. The van der Waals surface area contributed by atoms with E-state index in [-0.39, 0.29) is 0 Å². The maximum absolute atomic E-state index is 10.9. The molecule has 2 heterocycles. The highest BCUT2D eigenvalue weighted by atomic mass is 16.7. The minimum absolute atomic E-state index is 0.292. The van der Waals surface area contributed by atoms with E-state index in [0.717, 1.165) is 73.7 Å². The number of fused-ring (bicyclic) bond motifs is 1. The summed E-state index contributed by atoms with van der Waals surface area (Å²) in [5.41, 5.74) is 3.02. The van der Waals surface area contributed by atoms with Gasteiger partial charge in [0.05, 0.1) is 23.7 Å². The number of benzene rings is 2. The van der Waals surface area contributed by atoms with Gasteiger partial charge in [-0.1, -0.05) is 6.07 Å². The van der Waals surface area contributed by atoms with Crippen LogP contribution in [0.1, 0.15) is 62.9 Å². The number of imidazole rings is 1. The summed E-state index contributed by atoms with van der Waals surface area (Å²) < 4.78 is 19.3. The Labute approximate surface area is 211 Å². The molecule has 2 aromatic carbocycles. The zero-order valence-corrected chi connectivity index (χ0v) is 21.1. The van der Waals surface area contributed by atoms with E-state index >= 15 is 0 Å². The molecule has 1 aliphatic carbocycles. The molecule has 8 nitrogen and oxygen atoms in total. The molecule has 2 aliphatic rings. The number of aryl methyl sites for hydroxylation is 1. The number of likely N-dealkylation sites (tertiary alicyclic amines) is 1. The molecule has 192 valence electrons. The Morgan fingerprint density at radius 3 is 2.56 bits per heavy atom. The molecule has 1 saturated heterocycles. The second kappa shape index (κ2) is 10.8. The van der Waals surface area contributed by atoms with E-state index in [4.69, 9.17) is 19.3 Å². The molecular weight excluding hydrogens is 458 g/mol. The summed E-state index contributed by atoms with van der Waals surface area (Å²) in [6.45, 7) is 7.52. The van der Waals surface area contributed by atoms with Gasteiger partial charge in [0.2, 0.25) is 0 Å². The summed E-state index contributed by atoms with van der Waals surface area (Å²) in [6.07, 6.45) is 5.81. The van der Waals surface area contributed by atoms with Crippen molar-refractivity contribution in [2.75, 3.05) is 19.7 Å². The first-order valence-corrected chi connectivity index (χ1v) is 13.0. The molecule has 8 heteroatoms. The van der Waals surface area contributed by atoms with Crippen molar-refractivity contribution in [3.05, 3.63) is 47.8 Å². The van der Waals surface area contributed by atoms with Crippen LogP contribution >= 0.6 is 0 Å². The van der Waals surface area contributed by atoms with E-state index in [1.54, 1.807) is 12.1 Å². The maximum atomic E-state index is 10.9. The summed E-state index contributed by atoms with van der Waals surface area (Å²) in [5.74, 6) is 2.95. The molecule has 36 heavy (non-hydrogen) atoms. The summed E-state index contributed by atoms with van der Waals surface area (Å²) in [4.78, 5) is 18.0. The molecule has 0 spiro atoms. The van der Waals surface area contributed by atoms with Crippen LogP contribution in [-0.2, 0) is 6.54 Å². The molecule has 1 aliphatic heterocycles. The van der Waals surface area contributed by atoms with Crippen LogP contribution in [0.3, 0.4) is 0 Å². The Hall–Kier alpha value is -3.26. The third kappa shape index (κ3) is 5.43. The maximum Gasteiger partial charge on any atom is 0.511 e. The molecule has 3 aromatic rings. The van der Waals surface area contributed by atoms with Gasteiger partial charge in [0.25, 0.3) is 0 Å².